The number of benzene rings is 1. The van der Waals surface area contributed by atoms with Gasteiger partial charge in [0.2, 0.25) is 0 Å². The van der Waals surface area contributed by atoms with E-state index in [0.29, 0.717) is 5.56 Å². The molecule has 0 bridgehead atoms. The topological polar surface area (TPSA) is 17.1 Å². The van der Waals surface area contributed by atoms with Gasteiger partial charge in [0, 0.05) is 11.1 Å². The summed E-state index contributed by atoms with van der Waals surface area (Å²) >= 11 is 5.69. The summed E-state index contributed by atoms with van der Waals surface area (Å²) in [6.07, 6.45) is -2.67. The summed E-state index contributed by atoms with van der Waals surface area (Å²) in [4.78, 5) is 11.1. The number of carbonyl (C=O) groups excluding carboxylic acids is 1. The minimum atomic E-state index is -2.67. The van der Waals surface area contributed by atoms with Gasteiger partial charge in [0.05, 0.1) is 5.02 Å². The lowest BCUT2D eigenvalue weighted by Crippen LogP contribution is -2.03. The Morgan fingerprint density at radius 3 is 2.36 bits per heavy atom. The first-order valence-electron chi connectivity index (χ1n) is 4.03. The molecule has 76 valence electrons. The van der Waals surface area contributed by atoms with Crippen molar-refractivity contribution in [2.45, 2.75) is 20.3 Å². The lowest BCUT2D eigenvalue weighted by Gasteiger charge is -2.10. The van der Waals surface area contributed by atoms with Crippen LogP contribution in [0.3, 0.4) is 0 Å². The highest BCUT2D eigenvalue weighted by atomic mass is 35.5. The predicted octanol–water partition coefficient (Wildman–Crippen LogP) is 3.79. The van der Waals surface area contributed by atoms with Crippen LogP contribution in [0.2, 0.25) is 5.02 Å². The molecule has 0 aliphatic heterocycles. The van der Waals surface area contributed by atoms with Crippen molar-refractivity contribution in [3.05, 3.63) is 33.8 Å². The number of ketones is 1. The van der Waals surface area contributed by atoms with E-state index in [-0.39, 0.29) is 16.1 Å². The molecule has 0 heterocycles. The molecular formula is C10H9ClF2O. The maximum Gasteiger partial charge on any atom is 0.264 e. The standard InChI is InChI=1S/C10H9ClF2O/c1-5-3-4-7(11)9(6(2)14)8(5)10(12)13/h3-4,10H,1-2H3. The Labute approximate surface area is 85.7 Å². The lowest BCUT2D eigenvalue weighted by atomic mass is 9.99. The Hall–Kier alpha value is -0.960. The summed E-state index contributed by atoms with van der Waals surface area (Å²) < 4.78 is 25.2. The SMILES string of the molecule is CC(=O)c1c(Cl)ccc(C)c1C(F)F. The zero-order valence-corrected chi connectivity index (χ0v) is 8.53. The van der Waals surface area contributed by atoms with Gasteiger partial charge in [-0.2, -0.15) is 0 Å². The first-order valence-corrected chi connectivity index (χ1v) is 4.41. The molecule has 0 atom stereocenters. The van der Waals surface area contributed by atoms with Crippen molar-refractivity contribution in [3.63, 3.8) is 0 Å². The summed E-state index contributed by atoms with van der Waals surface area (Å²) in [6.45, 7) is 2.76. The maximum absolute atomic E-state index is 12.6. The van der Waals surface area contributed by atoms with Crippen LogP contribution < -0.4 is 0 Å². The van der Waals surface area contributed by atoms with E-state index in [0.717, 1.165) is 0 Å². The fourth-order valence-electron chi connectivity index (χ4n) is 1.34. The molecule has 0 aromatic heterocycles. The second-order valence-corrected chi connectivity index (χ2v) is 3.42. The number of rotatable bonds is 2. The molecule has 4 heteroatoms. The summed E-state index contributed by atoms with van der Waals surface area (Å²) in [5, 5.41) is 0.0819. The van der Waals surface area contributed by atoms with Crippen LogP contribution in [0, 0.1) is 6.92 Å². The number of halogens is 3. The van der Waals surface area contributed by atoms with Gasteiger partial charge in [-0.25, -0.2) is 8.78 Å². The fraction of sp³-hybridized carbons (Fsp3) is 0.300. The average molecular weight is 219 g/mol. The Kier molecular flexibility index (Phi) is 3.21. The molecule has 0 aliphatic rings. The minimum absolute atomic E-state index is 0.0679. The largest absolute Gasteiger partial charge is 0.294 e. The van der Waals surface area contributed by atoms with E-state index in [1.165, 1.54) is 26.0 Å². The third-order valence-electron chi connectivity index (χ3n) is 1.98. The fourth-order valence-corrected chi connectivity index (χ4v) is 1.63. The van der Waals surface area contributed by atoms with Gasteiger partial charge in [0.25, 0.3) is 6.43 Å². The number of carbonyl (C=O) groups is 1. The molecular weight excluding hydrogens is 210 g/mol. The molecule has 1 aromatic carbocycles. The van der Waals surface area contributed by atoms with E-state index >= 15 is 0 Å². The zero-order valence-electron chi connectivity index (χ0n) is 7.77. The summed E-state index contributed by atoms with van der Waals surface area (Å²) in [5.41, 5.74) is 0.0567. The van der Waals surface area contributed by atoms with Crippen LogP contribution in [0.25, 0.3) is 0 Å². The molecule has 0 unspecified atom stereocenters. The third kappa shape index (κ3) is 1.93. The molecule has 0 fully saturated rings. The van der Waals surface area contributed by atoms with Crippen LogP contribution in [0.4, 0.5) is 8.78 Å². The lowest BCUT2D eigenvalue weighted by molar-refractivity contribution is 0.0998. The molecule has 0 aliphatic carbocycles. The van der Waals surface area contributed by atoms with Crippen LogP contribution >= 0.6 is 11.6 Å². The highest BCUT2D eigenvalue weighted by Crippen LogP contribution is 2.31. The van der Waals surface area contributed by atoms with Gasteiger partial charge in [-0.05, 0) is 25.5 Å². The Bertz CT molecular complexity index is 375. The van der Waals surface area contributed by atoms with Crippen LogP contribution in [0.15, 0.2) is 12.1 Å². The average Bonchev–Trinajstić information content (AvgIpc) is 2.07. The van der Waals surface area contributed by atoms with Crippen LogP contribution in [-0.4, -0.2) is 5.78 Å². The van der Waals surface area contributed by atoms with Gasteiger partial charge in [-0.1, -0.05) is 17.7 Å². The number of hydrogen-bond acceptors (Lipinski definition) is 1. The molecule has 0 N–H and O–H groups in total. The number of Topliss-reactive ketones (excluding diaryl/α,β-unsaturated/α-hetero) is 1. The van der Waals surface area contributed by atoms with Gasteiger partial charge < -0.3 is 0 Å². The third-order valence-corrected chi connectivity index (χ3v) is 2.30. The van der Waals surface area contributed by atoms with E-state index < -0.39 is 12.2 Å². The quantitative estimate of drug-likeness (QED) is 0.691. The van der Waals surface area contributed by atoms with Gasteiger partial charge in [-0.3, -0.25) is 4.79 Å². The number of aryl methyl sites for hydroxylation is 1. The second kappa shape index (κ2) is 4.05. The highest BCUT2D eigenvalue weighted by Gasteiger charge is 2.20. The van der Waals surface area contributed by atoms with Gasteiger partial charge >= 0.3 is 0 Å². The van der Waals surface area contributed by atoms with Crippen molar-refractivity contribution in [1.29, 1.82) is 0 Å². The van der Waals surface area contributed by atoms with Crippen molar-refractivity contribution in [2.75, 3.05) is 0 Å². The number of hydrogen-bond donors (Lipinski definition) is 0. The number of alkyl halides is 2. The van der Waals surface area contributed by atoms with Crippen molar-refractivity contribution in [3.8, 4) is 0 Å². The maximum atomic E-state index is 12.6. The van der Waals surface area contributed by atoms with Crippen molar-refractivity contribution >= 4 is 17.4 Å². The van der Waals surface area contributed by atoms with Gasteiger partial charge in [0.1, 0.15) is 0 Å². The molecule has 14 heavy (non-hydrogen) atoms. The van der Waals surface area contributed by atoms with E-state index in [1.807, 2.05) is 0 Å². The predicted molar refractivity (Wildman–Crippen MR) is 51.2 cm³/mol. The first-order chi connectivity index (χ1) is 6.45. The first kappa shape index (κ1) is 11.1. The summed E-state index contributed by atoms with van der Waals surface area (Å²) in [5.74, 6) is -0.436. The monoisotopic (exact) mass is 218 g/mol. The van der Waals surface area contributed by atoms with Gasteiger partial charge in [-0.15, -0.1) is 0 Å². The Morgan fingerprint density at radius 2 is 2.00 bits per heavy atom. The smallest absolute Gasteiger partial charge is 0.264 e. The van der Waals surface area contributed by atoms with Crippen LogP contribution in [-0.2, 0) is 0 Å². The van der Waals surface area contributed by atoms with Crippen molar-refractivity contribution < 1.29 is 13.6 Å². The molecule has 0 saturated heterocycles. The Morgan fingerprint density at radius 1 is 1.43 bits per heavy atom. The zero-order chi connectivity index (χ0) is 10.9. The molecule has 1 rings (SSSR count). The van der Waals surface area contributed by atoms with Gasteiger partial charge in [0.15, 0.2) is 5.78 Å². The van der Waals surface area contributed by atoms with E-state index in [4.69, 9.17) is 11.6 Å². The molecule has 0 saturated carbocycles. The molecule has 0 radical (unpaired) electrons. The second-order valence-electron chi connectivity index (χ2n) is 3.01. The summed E-state index contributed by atoms with van der Waals surface area (Å²) in [6, 6.07) is 2.94. The van der Waals surface area contributed by atoms with E-state index in [2.05, 4.69) is 0 Å². The highest BCUT2D eigenvalue weighted by molar-refractivity contribution is 6.34. The van der Waals surface area contributed by atoms with E-state index in [9.17, 15) is 13.6 Å². The van der Waals surface area contributed by atoms with Crippen LogP contribution in [0.1, 0.15) is 34.8 Å². The minimum Gasteiger partial charge on any atom is -0.294 e. The van der Waals surface area contributed by atoms with Crippen molar-refractivity contribution in [2.24, 2.45) is 0 Å². The molecule has 0 amide bonds. The molecule has 1 aromatic rings. The van der Waals surface area contributed by atoms with Crippen molar-refractivity contribution in [1.82, 2.24) is 0 Å². The van der Waals surface area contributed by atoms with Crippen LogP contribution in [0.5, 0.6) is 0 Å². The summed E-state index contributed by atoms with van der Waals surface area (Å²) in [7, 11) is 0. The molecule has 1 nitrogen and oxygen atoms in total. The normalized spacial score (nSPS) is 10.7. The van der Waals surface area contributed by atoms with E-state index in [1.54, 1.807) is 0 Å². The molecule has 0 spiro atoms. The Balaban J connectivity index is 3.50.